The van der Waals surface area contributed by atoms with Crippen molar-refractivity contribution in [2.75, 3.05) is 0 Å². The maximum atomic E-state index is 9.59. The number of hydrogen-bond acceptors (Lipinski definition) is 1. The topological polar surface area (TPSA) is 20.2 Å². The average Bonchev–Trinajstić information content (AvgIpc) is 2.33. The molecule has 1 heteroatoms. The van der Waals surface area contributed by atoms with Crippen molar-refractivity contribution in [1.29, 1.82) is 0 Å². The molecular formula is C16H30O. The quantitative estimate of drug-likeness (QED) is 0.773. The van der Waals surface area contributed by atoms with Gasteiger partial charge in [0.25, 0.3) is 0 Å². The first-order valence-corrected chi connectivity index (χ1v) is 7.88. The van der Waals surface area contributed by atoms with E-state index < -0.39 is 0 Å². The van der Waals surface area contributed by atoms with Crippen LogP contribution in [-0.4, -0.2) is 11.2 Å². The van der Waals surface area contributed by atoms with Crippen LogP contribution >= 0.6 is 0 Å². The Hall–Kier alpha value is -0.0400. The zero-order chi connectivity index (χ0) is 12.3. The predicted octanol–water partition coefficient (Wildman–Crippen LogP) is 4.39. The Morgan fingerprint density at radius 3 is 2.18 bits per heavy atom. The lowest BCUT2D eigenvalue weighted by molar-refractivity contribution is 0.0638. The Morgan fingerprint density at radius 1 is 0.941 bits per heavy atom. The molecule has 0 aromatic rings. The molecule has 0 amide bonds. The molecule has 2 aliphatic rings. The maximum Gasteiger partial charge on any atom is 0.0540 e. The predicted molar refractivity (Wildman–Crippen MR) is 72.9 cm³/mol. The van der Waals surface area contributed by atoms with Gasteiger partial charge in [0, 0.05) is 0 Å². The highest BCUT2D eigenvalue weighted by Crippen LogP contribution is 2.43. The van der Waals surface area contributed by atoms with Crippen LogP contribution in [0.5, 0.6) is 0 Å². The van der Waals surface area contributed by atoms with Crippen molar-refractivity contribution in [1.82, 2.24) is 0 Å². The van der Waals surface area contributed by atoms with Crippen LogP contribution in [0.2, 0.25) is 0 Å². The smallest absolute Gasteiger partial charge is 0.0540 e. The maximum absolute atomic E-state index is 9.59. The second kappa shape index (κ2) is 6.22. The lowest BCUT2D eigenvalue weighted by Crippen LogP contribution is -2.30. The molecule has 0 bridgehead atoms. The molecule has 0 aliphatic heterocycles. The fraction of sp³-hybridized carbons (Fsp3) is 1.00. The molecule has 3 unspecified atom stereocenters. The van der Waals surface area contributed by atoms with Crippen molar-refractivity contribution in [2.45, 2.75) is 77.7 Å². The standard InChI is InChI=1S/C16H30O/c1-3-4-13-5-6-15(11-12(13)2)14-7-9-16(17)10-8-14/h12-17H,3-11H2,1-2H3. The van der Waals surface area contributed by atoms with E-state index in [2.05, 4.69) is 13.8 Å². The van der Waals surface area contributed by atoms with Crippen LogP contribution in [0.25, 0.3) is 0 Å². The Kier molecular flexibility index (Phi) is 4.90. The number of rotatable bonds is 3. The first-order valence-electron chi connectivity index (χ1n) is 7.88. The molecule has 0 saturated heterocycles. The first kappa shape index (κ1) is 13.4. The van der Waals surface area contributed by atoms with E-state index >= 15 is 0 Å². The normalized spacial score (nSPS) is 43.6. The van der Waals surface area contributed by atoms with Gasteiger partial charge in [0.2, 0.25) is 0 Å². The summed E-state index contributed by atoms with van der Waals surface area (Å²) in [5.41, 5.74) is 0. The minimum atomic E-state index is 0.0140. The lowest BCUT2D eigenvalue weighted by atomic mass is 9.66. The summed E-state index contributed by atoms with van der Waals surface area (Å²) in [4.78, 5) is 0. The highest BCUT2D eigenvalue weighted by molar-refractivity contribution is 4.84. The Balaban J connectivity index is 1.80. The van der Waals surface area contributed by atoms with Gasteiger partial charge < -0.3 is 5.11 Å². The van der Waals surface area contributed by atoms with Gasteiger partial charge in [-0.25, -0.2) is 0 Å². The third-order valence-electron chi connectivity index (χ3n) is 5.46. The van der Waals surface area contributed by atoms with Gasteiger partial charge in [0.15, 0.2) is 0 Å². The second-order valence-electron chi connectivity index (χ2n) is 6.67. The van der Waals surface area contributed by atoms with Gasteiger partial charge in [-0.2, -0.15) is 0 Å². The van der Waals surface area contributed by atoms with Gasteiger partial charge in [-0.3, -0.25) is 0 Å². The van der Waals surface area contributed by atoms with Gasteiger partial charge in [-0.1, -0.05) is 26.7 Å². The summed E-state index contributed by atoms with van der Waals surface area (Å²) >= 11 is 0. The van der Waals surface area contributed by atoms with Crippen LogP contribution in [-0.2, 0) is 0 Å². The molecule has 0 aromatic heterocycles. The van der Waals surface area contributed by atoms with E-state index in [4.69, 9.17) is 0 Å². The molecule has 2 aliphatic carbocycles. The monoisotopic (exact) mass is 238 g/mol. The van der Waals surface area contributed by atoms with Crippen molar-refractivity contribution in [3.05, 3.63) is 0 Å². The average molecular weight is 238 g/mol. The third kappa shape index (κ3) is 3.47. The van der Waals surface area contributed by atoms with Crippen molar-refractivity contribution < 1.29 is 5.11 Å². The Bertz CT molecular complexity index is 218. The molecule has 3 atom stereocenters. The molecule has 0 spiro atoms. The van der Waals surface area contributed by atoms with E-state index in [9.17, 15) is 5.11 Å². The molecular weight excluding hydrogens is 208 g/mol. The van der Waals surface area contributed by atoms with Crippen LogP contribution in [0.1, 0.15) is 71.6 Å². The van der Waals surface area contributed by atoms with E-state index in [0.717, 1.165) is 36.5 Å². The van der Waals surface area contributed by atoms with E-state index in [1.807, 2.05) is 0 Å². The van der Waals surface area contributed by atoms with Crippen molar-refractivity contribution in [3.8, 4) is 0 Å². The molecule has 2 fully saturated rings. The number of aliphatic hydroxyl groups excluding tert-OH is 1. The van der Waals surface area contributed by atoms with Gasteiger partial charge in [-0.15, -0.1) is 0 Å². The van der Waals surface area contributed by atoms with Crippen molar-refractivity contribution in [2.24, 2.45) is 23.7 Å². The molecule has 2 saturated carbocycles. The summed E-state index contributed by atoms with van der Waals surface area (Å²) in [6, 6.07) is 0. The first-order chi connectivity index (χ1) is 8.20. The summed E-state index contributed by atoms with van der Waals surface area (Å²) < 4.78 is 0. The molecule has 0 radical (unpaired) electrons. The lowest BCUT2D eigenvalue weighted by Gasteiger charge is -2.40. The van der Waals surface area contributed by atoms with Crippen LogP contribution in [0.3, 0.4) is 0 Å². The molecule has 0 aromatic carbocycles. The Labute approximate surface area is 107 Å². The molecule has 0 heterocycles. The molecule has 1 N–H and O–H groups in total. The largest absolute Gasteiger partial charge is 0.393 e. The van der Waals surface area contributed by atoms with E-state index in [-0.39, 0.29) is 6.10 Å². The van der Waals surface area contributed by atoms with Crippen LogP contribution in [0.4, 0.5) is 0 Å². The Morgan fingerprint density at radius 2 is 1.59 bits per heavy atom. The van der Waals surface area contributed by atoms with E-state index in [1.165, 1.54) is 44.9 Å². The fourth-order valence-corrected chi connectivity index (χ4v) is 4.30. The van der Waals surface area contributed by atoms with E-state index in [1.54, 1.807) is 0 Å². The SMILES string of the molecule is CCCC1CCC(C2CCC(O)CC2)CC1C. The summed E-state index contributed by atoms with van der Waals surface area (Å²) in [5.74, 6) is 3.86. The number of aliphatic hydroxyl groups is 1. The minimum Gasteiger partial charge on any atom is -0.393 e. The van der Waals surface area contributed by atoms with Crippen LogP contribution < -0.4 is 0 Å². The molecule has 17 heavy (non-hydrogen) atoms. The summed E-state index contributed by atoms with van der Waals surface area (Å²) in [6.07, 6.45) is 11.9. The second-order valence-corrected chi connectivity index (χ2v) is 6.67. The van der Waals surface area contributed by atoms with Gasteiger partial charge >= 0.3 is 0 Å². The van der Waals surface area contributed by atoms with Gasteiger partial charge in [0.05, 0.1) is 6.10 Å². The molecule has 100 valence electrons. The van der Waals surface area contributed by atoms with E-state index in [0.29, 0.717) is 0 Å². The summed E-state index contributed by atoms with van der Waals surface area (Å²) in [7, 11) is 0. The van der Waals surface area contributed by atoms with Crippen LogP contribution in [0, 0.1) is 23.7 Å². The van der Waals surface area contributed by atoms with Gasteiger partial charge in [0.1, 0.15) is 0 Å². The van der Waals surface area contributed by atoms with Crippen molar-refractivity contribution >= 4 is 0 Å². The zero-order valence-corrected chi connectivity index (χ0v) is 11.7. The van der Waals surface area contributed by atoms with Gasteiger partial charge in [-0.05, 0) is 68.6 Å². The van der Waals surface area contributed by atoms with Crippen molar-refractivity contribution in [3.63, 3.8) is 0 Å². The van der Waals surface area contributed by atoms with Crippen LogP contribution in [0.15, 0.2) is 0 Å². The highest BCUT2D eigenvalue weighted by atomic mass is 16.3. The fourth-order valence-electron chi connectivity index (χ4n) is 4.30. The number of hydrogen-bond donors (Lipinski definition) is 1. The zero-order valence-electron chi connectivity index (χ0n) is 11.7. The molecule has 2 rings (SSSR count). The third-order valence-corrected chi connectivity index (χ3v) is 5.46. The molecule has 1 nitrogen and oxygen atoms in total. The summed E-state index contributed by atoms with van der Waals surface area (Å²) in [5, 5.41) is 9.59. The highest BCUT2D eigenvalue weighted by Gasteiger charge is 2.33. The minimum absolute atomic E-state index is 0.0140. The summed E-state index contributed by atoms with van der Waals surface area (Å²) in [6.45, 7) is 4.80.